The van der Waals surface area contributed by atoms with E-state index < -0.39 is 0 Å². The summed E-state index contributed by atoms with van der Waals surface area (Å²) in [5.74, 6) is 0. The van der Waals surface area contributed by atoms with Crippen molar-refractivity contribution in [1.82, 2.24) is 19.9 Å². The van der Waals surface area contributed by atoms with Gasteiger partial charge < -0.3 is 9.97 Å². The molecule has 5 heterocycles. The summed E-state index contributed by atoms with van der Waals surface area (Å²) in [7, 11) is 0. The number of hydrogen-bond donors (Lipinski definition) is 2. The topological polar surface area (TPSA) is 57.4 Å². The maximum Gasteiger partial charge on any atom is 0.0815 e. The number of H-pyrrole nitrogens is 2. The molecule has 3 aromatic heterocycles. The standard InChI is InChI=1S/C44H30N4.Pt/c1-5-13-29(14-6-1)38-27-37-26-35-22-21-33(45-35)25-34-23-24-36(46-34)28-39-40(30-15-7-2-8-16-30)41(31-17-9-3-10-18-31)44(48-39)42(43(38)47-37)32-19-11-4-12-20-32;/h1-28,45,48H;. The van der Waals surface area contributed by atoms with Crippen LogP contribution in [0.3, 0.4) is 0 Å². The molecular formula is C44H30N4Pt. The summed E-state index contributed by atoms with van der Waals surface area (Å²) in [6, 6.07) is 53.0. The Morgan fingerprint density at radius 3 is 1.49 bits per heavy atom. The van der Waals surface area contributed by atoms with Crippen LogP contribution >= 0.6 is 0 Å². The Balaban J connectivity index is 0.00000348. The van der Waals surface area contributed by atoms with Crippen LogP contribution in [0, 0.1) is 0 Å². The molecule has 0 fully saturated rings. The van der Waals surface area contributed by atoms with Crippen molar-refractivity contribution in [3.8, 4) is 33.4 Å². The molecule has 49 heavy (non-hydrogen) atoms. The Kier molecular flexibility index (Phi) is 8.09. The van der Waals surface area contributed by atoms with E-state index in [1.807, 2.05) is 0 Å². The fraction of sp³-hybridized carbons (Fsp3) is 0. The van der Waals surface area contributed by atoms with Gasteiger partial charge in [0, 0.05) is 59.9 Å². The fourth-order valence-electron chi connectivity index (χ4n) is 6.78. The second-order valence-electron chi connectivity index (χ2n) is 12.0. The third kappa shape index (κ3) is 5.82. The molecule has 5 heteroatoms. The molecule has 2 aliphatic rings. The smallest absolute Gasteiger partial charge is 0.0815 e. The maximum absolute atomic E-state index is 5.42. The Labute approximate surface area is 298 Å². The molecule has 236 valence electrons. The van der Waals surface area contributed by atoms with Crippen molar-refractivity contribution in [2.45, 2.75) is 0 Å². The van der Waals surface area contributed by atoms with Crippen LogP contribution in [-0.2, 0) is 21.1 Å². The number of rotatable bonds is 4. The molecule has 0 aliphatic carbocycles. The van der Waals surface area contributed by atoms with Crippen LogP contribution in [0.25, 0.3) is 79.2 Å². The van der Waals surface area contributed by atoms with Crippen LogP contribution < -0.4 is 0 Å². The molecule has 9 rings (SSSR count). The van der Waals surface area contributed by atoms with E-state index in [0.29, 0.717) is 0 Å². The number of hydrogen-bond acceptors (Lipinski definition) is 2. The van der Waals surface area contributed by atoms with Gasteiger partial charge in [0.15, 0.2) is 0 Å². The summed E-state index contributed by atoms with van der Waals surface area (Å²) in [5.41, 5.74) is 16.3. The van der Waals surface area contributed by atoms with E-state index in [1.165, 1.54) is 0 Å². The minimum atomic E-state index is 0. The van der Waals surface area contributed by atoms with Gasteiger partial charge in [-0.25, -0.2) is 9.97 Å². The van der Waals surface area contributed by atoms with E-state index in [0.717, 1.165) is 89.4 Å². The number of nitrogens with zero attached hydrogens (tertiary/aromatic N) is 2. The molecule has 0 spiro atoms. The van der Waals surface area contributed by atoms with Crippen molar-refractivity contribution >= 4 is 45.9 Å². The number of aromatic amines is 2. The van der Waals surface area contributed by atoms with Gasteiger partial charge in [-0.1, -0.05) is 121 Å². The molecule has 0 amide bonds. The Morgan fingerprint density at radius 2 is 0.898 bits per heavy atom. The van der Waals surface area contributed by atoms with E-state index in [-0.39, 0.29) is 21.1 Å². The van der Waals surface area contributed by atoms with Crippen molar-refractivity contribution in [2.24, 2.45) is 0 Å². The van der Waals surface area contributed by atoms with Gasteiger partial charge in [-0.15, -0.1) is 0 Å². The van der Waals surface area contributed by atoms with Crippen LogP contribution in [0.15, 0.2) is 152 Å². The van der Waals surface area contributed by atoms with Crippen molar-refractivity contribution in [3.05, 3.63) is 180 Å². The molecule has 0 saturated heterocycles. The zero-order chi connectivity index (χ0) is 31.9. The van der Waals surface area contributed by atoms with Gasteiger partial charge in [-0.2, -0.15) is 0 Å². The molecule has 8 bridgehead atoms. The summed E-state index contributed by atoms with van der Waals surface area (Å²) >= 11 is 0. The van der Waals surface area contributed by atoms with Crippen molar-refractivity contribution in [3.63, 3.8) is 0 Å². The zero-order valence-electron chi connectivity index (χ0n) is 26.4. The van der Waals surface area contributed by atoms with E-state index in [1.54, 1.807) is 0 Å². The van der Waals surface area contributed by atoms with Gasteiger partial charge in [0.2, 0.25) is 0 Å². The third-order valence-corrected chi connectivity index (χ3v) is 8.89. The summed E-state index contributed by atoms with van der Waals surface area (Å²) in [6.07, 6.45) is 6.35. The Morgan fingerprint density at radius 1 is 0.408 bits per heavy atom. The van der Waals surface area contributed by atoms with E-state index in [4.69, 9.17) is 9.97 Å². The Bertz CT molecular complexity index is 2530. The van der Waals surface area contributed by atoms with Crippen molar-refractivity contribution in [1.29, 1.82) is 0 Å². The largest absolute Gasteiger partial charge is 0.355 e. The quantitative estimate of drug-likeness (QED) is 0.186. The molecule has 0 saturated carbocycles. The average molecular weight is 810 g/mol. The summed E-state index contributed by atoms with van der Waals surface area (Å²) in [4.78, 5) is 17.9. The first-order valence-electron chi connectivity index (χ1n) is 16.2. The SMILES string of the molecule is C1=Cc2cc3[nH]c(c(-c4ccccc4)c4nc(cc5ccc(cc1n2)[nH]5)C=C4c1ccccc1)c(-c1ccccc1)c3-c1ccccc1.[Pt]. The monoisotopic (exact) mass is 809 g/mol. The van der Waals surface area contributed by atoms with Crippen LogP contribution in [-0.4, -0.2) is 19.9 Å². The third-order valence-electron chi connectivity index (χ3n) is 8.89. The van der Waals surface area contributed by atoms with Crippen molar-refractivity contribution in [2.75, 3.05) is 0 Å². The first kappa shape index (κ1) is 30.5. The normalized spacial score (nSPS) is 12.0. The molecule has 4 aromatic carbocycles. The second-order valence-corrected chi connectivity index (χ2v) is 12.0. The van der Waals surface area contributed by atoms with Crippen LogP contribution in [0.2, 0.25) is 0 Å². The van der Waals surface area contributed by atoms with Crippen LogP contribution in [0.5, 0.6) is 0 Å². The minimum Gasteiger partial charge on any atom is -0.355 e. The molecule has 7 aromatic rings. The first-order chi connectivity index (χ1) is 23.8. The number of aromatic nitrogens is 4. The molecule has 0 atom stereocenters. The van der Waals surface area contributed by atoms with E-state index >= 15 is 0 Å². The molecule has 2 aliphatic heterocycles. The first-order valence-corrected chi connectivity index (χ1v) is 16.2. The van der Waals surface area contributed by atoms with Gasteiger partial charge in [-0.3, -0.25) is 0 Å². The van der Waals surface area contributed by atoms with Gasteiger partial charge in [-0.05, 0) is 70.8 Å². The maximum atomic E-state index is 5.42. The summed E-state index contributed by atoms with van der Waals surface area (Å²) in [5, 5.41) is 0. The molecule has 4 nitrogen and oxygen atoms in total. The number of nitrogens with one attached hydrogen (secondary N) is 2. The van der Waals surface area contributed by atoms with E-state index in [9.17, 15) is 0 Å². The minimum absolute atomic E-state index is 0. The van der Waals surface area contributed by atoms with Gasteiger partial charge in [0.25, 0.3) is 0 Å². The molecule has 0 radical (unpaired) electrons. The average Bonchev–Trinajstić information content (AvgIpc) is 3.94. The predicted octanol–water partition coefficient (Wildman–Crippen LogP) is 11.1. The van der Waals surface area contributed by atoms with Gasteiger partial charge >= 0.3 is 0 Å². The number of benzene rings is 4. The van der Waals surface area contributed by atoms with Crippen molar-refractivity contribution < 1.29 is 21.1 Å². The van der Waals surface area contributed by atoms with Crippen LogP contribution in [0.4, 0.5) is 0 Å². The molecule has 0 unspecified atom stereocenters. The number of fused-ring (bicyclic) bond motifs is 8. The predicted molar refractivity (Wildman–Crippen MR) is 200 cm³/mol. The Hall–Kier alpha value is -5.83. The van der Waals surface area contributed by atoms with E-state index in [2.05, 4.69) is 180 Å². The molecular weight excluding hydrogens is 780 g/mol. The molecule has 2 N–H and O–H groups in total. The fourth-order valence-corrected chi connectivity index (χ4v) is 6.78. The summed E-state index contributed by atoms with van der Waals surface area (Å²) < 4.78 is 0. The van der Waals surface area contributed by atoms with Gasteiger partial charge in [0.1, 0.15) is 0 Å². The summed E-state index contributed by atoms with van der Waals surface area (Å²) in [6.45, 7) is 0. The van der Waals surface area contributed by atoms with Crippen LogP contribution in [0.1, 0.15) is 28.3 Å². The van der Waals surface area contributed by atoms with Gasteiger partial charge in [0.05, 0.1) is 28.3 Å². The zero-order valence-corrected chi connectivity index (χ0v) is 28.6. The second kappa shape index (κ2) is 13.0.